The number of hydrogen-bond donors (Lipinski definition) is 2. The summed E-state index contributed by atoms with van der Waals surface area (Å²) in [6.45, 7) is 11.5. The molecule has 3 aliphatic carbocycles. The summed E-state index contributed by atoms with van der Waals surface area (Å²) in [5, 5.41) is 20.6. The molecule has 0 amide bonds. The number of rotatable bonds is 3. The van der Waals surface area contributed by atoms with E-state index in [1.165, 1.54) is 0 Å². The summed E-state index contributed by atoms with van der Waals surface area (Å²) in [6, 6.07) is 0. The van der Waals surface area contributed by atoms with Gasteiger partial charge in [0.2, 0.25) is 0 Å². The van der Waals surface area contributed by atoms with Crippen LogP contribution in [0.25, 0.3) is 0 Å². The van der Waals surface area contributed by atoms with Gasteiger partial charge in [0, 0.05) is 23.2 Å². The van der Waals surface area contributed by atoms with E-state index in [0.717, 1.165) is 19.3 Å². The summed E-state index contributed by atoms with van der Waals surface area (Å²) >= 11 is 0. The second-order valence-corrected chi connectivity index (χ2v) is 9.72. The number of carbonyl (C=O) groups is 2. The van der Waals surface area contributed by atoms with Gasteiger partial charge in [-0.1, -0.05) is 33.8 Å². The van der Waals surface area contributed by atoms with Crippen LogP contribution in [0.3, 0.4) is 0 Å². The standard InChI is InChI=1S/C22H34O5/c1-6-20(4)11-16(27-17(25)12-23)21(5)13(2)7-9-22(14(3)19(20)26)10-8-15(24)18(21)22/h6,13-14,16,18-19,23,26H,1,7-12H2,2-5H3/t13-,14+,16-,18+,19+,20-,21+,22?/m1/s1. The Balaban J connectivity index is 2.21. The van der Waals surface area contributed by atoms with Gasteiger partial charge in [-0.05, 0) is 42.9 Å². The third-order valence-corrected chi connectivity index (χ3v) is 8.70. The number of aliphatic hydroxyl groups is 2. The van der Waals surface area contributed by atoms with Crippen molar-refractivity contribution in [2.45, 2.75) is 72.0 Å². The van der Waals surface area contributed by atoms with E-state index in [1.807, 2.05) is 6.92 Å². The monoisotopic (exact) mass is 378 g/mol. The third kappa shape index (κ3) is 2.72. The van der Waals surface area contributed by atoms with Crippen LogP contribution in [0.2, 0.25) is 0 Å². The van der Waals surface area contributed by atoms with E-state index in [1.54, 1.807) is 6.08 Å². The van der Waals surface area contributed by atoms with E-state index in [2.05, 4.69) is 27.4 Å². The number of ether oxygens (including phenoxy) is 1. The molecular weight excluding hydrogens is 344 g/mol. The summed E-state index contributed by atoms with van der Waals surface area (Å²) in [5.41, 5.74) is -1.43. The van der Waals surface area contributed by atoms with Gasteiger partial charge in [0.05, 0.1) is 6.10 Å². The highest BCUT2D eigenvalue weighted by Gasteiger charge is 2.68. The van der Waals surface area contributed by atoms with Gasteiger partial charge in [-0.2, -0.15) is 0 Å². The molecule has 0 radical (unpaired) electrons. The fraction of sp³-hybridized carbons (Fsp3) is 0.818. The first-order valence-corrected chi connectivity index (χ1v) is 10.2. The molecule has 2 bridgehead atoms. The fourth-order valence-electron chi connectivity index (χ4n) is 6.70. The number of Topliss-reactive ketones (excluding diaryl/α,β-unsaturated/α-hetero) is 1. The summed E-state index contributed by atoms with van der Waals surface area (Å²) in [7, 11) is 0. The van der Waals surface area contributed by atoms with Crippen LogP contribution in [0.4, 0.5) is 0 Å². The van der Waals surface area contributed by atoms with Crippen molar-refractivity contribution in [3.63, 3.8) is 0 Å². The maximum Gasteiger partial charge on any atom is 0.332 e. The first-order valence-electron chi connectivity index (χ1n) is 10.2. The Kier molecular flexibility index (Phi) is 5.09. The maximum atomic E-state index is 13.1. The molecule has 152 valence electrons. The van der Waals surface area contributed by atoms with Crippen LogP contribution in [0.1, 0.15) is 59.8 Å². The molecule has 3 aliphatic rings. The van der Waals surface area contributed by atoms with E-state index >= 15 is 0 Å². The van der Waals surface area contributed by atoms with Crippen molar-refractivity contribution in [1.29, 1.82) is 0 Å². The largest absolute Gasteiger partial charge is 0.460 e. The summed E-state index contributed by atoms with van der Waals surface area (Å²) < 4.78 is 5.77. The summed E-state index contributed by atoms with van der Waals surface area (Å²) in [6.07, 6.45) is 4.10. The minimum Gasteiger partial charge on any atom is -0.460 e. The molecule has 0 aromatic carbocycles. The van der Waals surface area contributed by atoms with Crippen LogP contribution in [0.15, 0.2) is 12.7 Å². The lowest BCUT2D eigenvalue weighted by Crippen LogP contribution is -2.63. The molecule has 2 N–H and O–H groups in total. The Morgan fingerprint density at radius 2 is 2.00 bits per heavy atom. The number of esters is 1. The number of hydrogen-bond acceptors (Lipinski definition) is 5. The molecular formula is C22H34O5. The molecule has 1 unspecified atom stereocenters. The van der Waals surface area contributed by atoms with Crippen LogP contribution in [-0.2, 0) is 14.3 Å². The molecule has 0 saturated heterocycles. The second kappa shape index (κ2) is 6.70. The summed E-state index contributed by atoms with van der Waals surface area (Å²) in [4.78, 5) is 25.2. The average molecular weight is 379 g/mol. The van der Waals surface area contributed by atoms with Gasteiger partial charge in [0.15, 0.2) is 0 Å². The first-order chi connectivity index (χ1) is 12.6. The predicted molar refractivity (Wildman–Crippen MR) is 102 cm³/mol. The van der Waals surface area contributed by atoms with Crippen LogP contribution < -0.4 is 0 Å². The molecule has 5 heteroatoms. The minimum atomic E-state index is -0.686. The SMILES string of the molecule is C=C[C@]1(C)C[C@@H](OC(=O)CO)[C@]2(C)[C@H](C)CCC3(CCC(=O)[C@H]32)[C@@H](C)[C@@H]1O. The van der Waals surface area contributed by atoms with Gasteiger partial charge in [0.1, 0.15) is 18.5 Å². The lowest BCUT2D eigenvalue weighted by atomic mass is 9.44. The topological polar surface area (TPSA) is 83.8 Å². The second-order valence-electron chi connectivity index (χ2n) is 9.72. The maximum absolute atomic E-state index is 13.1. The molecule has 8 atom stereocenters. The zero-order valence-corrected chi connectivity index (χ0v) is 17.0. The third-order valence-electron chi connectivity index (χ3n) is 8.70. The fourth-order valence-corrected chi connectivity index (χ4v) is 6.70. The molecule has 0 aromatic rings. The van der Waals surface area contributed by atoms with Crippen molar-refractivity contribution in [3.05, 3.63) is 12.7 Å². The smallest absolute Gasteiger partial charge is 0.332 e. The van der Waals surface area contributed by atoms with E-state index < -0.39 is 35.6 Å². The molecule has 3 fully saturated rings. The van der Waals surface area contributed by atoms with E-state index in [4.69, 9.17) is 4.74 Å². The number of aliphatic hydroxyl groups excluding tert-OH is 2. The lowest BCUT2D eigenvalue weighted by Gasteiger charge is -2.61. The Labute approximate surface area is 162 Å². The first kappa shape index (κ1) is 20.5. The van der Waals surface area contributed by atoms with Gasteiger partial charge in [0.25, 0.3) is 0 Å². The van der Waals surface area contributed by atoms with Crippen molar-refractivity contribution in [1.82, 2.24) is 0 Å². The van der Waals surface area contributed by atoms with E-state index in [9.17, 15) is 19.8 Å². The normalized spacial score (nSPS) is 49.7. The lowest BCUT2D eigenvalue weighted by molar-refractivity contribution is -0.207. The molecule has 0 aromatic heterocycles. The van der Waals surface area contributed by atoms with Crippen LogP contribution in [0, 0.1) is 34.0 Å². The Bertz CT molecular complexity index is 645. The Morgan fingerprint density at radius 1 is 1.33 bits per heavy atom. The van der Waals surface area contributed by atoms with Crippen LogP contribution in [0.5, 0.6) is 0 Å². The Morgan fingerprint density at radius 3 is 2.59 bits per heavy atom. The predicted octanol–water partition coefficient (Wildman–Crippen LogP) is 2.89. The van der Waals surface area contributed by atoms with Gasteiger partial charge in [-0.25, -0.2) is 4.79 Å². The van der Waals surface area contributed by atoms with Gasteiger partial charge in [-0.15, -0.1) is 6.58 Å². The molecule has 3 rings (SSSR count). The molecule has 0 aliphatic heterocycles. The van der Waals surface area contributed by atoms with Crippen LogP contribution in [-0.4, -0.2) is 40.8 Å². The van der Waals surface area contributed by atoms with Gasteiger partial charge < -0.3 is 14.9 Å². The van der Waals surface area contributed by atoms with Crippen molar-refractivity contribution < 1.29 is 24.5 Å². The quantitative estimate of drug-likeness (QED) is 0.583. The highest BCUT2D eigenvalue weighted by atomic mass is 16.6. The van der Waals surface area contributed by atoms with Crippen molar-refractivity contribution >= 4 is 11.8 Å². The average Bonchev–Trinajstić information content (AvgIpc) is 3.00. The molecule has 5 nitrogen and oxygen atoms in total. The Hall–Kier alpha value is -1.20. The summed E-state index contributed by atoms with van der Waals surface area (Å²) in [5.74, 6) is -0.520. The number of ketones is 1. The van der Waals surface area contributed by atoms with Gasteiger partial charge >= 0.3 is 5.97 Å². The highest BCUT2D eigenvalue weighted by molar-refractivity contribution is 5.85. The zero-order valence-electron chi connectivity index (χ0n) is 17.0. The zero-order chi connectivity index (χ0) is 20.2. The van der Waals surface area contributed by atoms with Crippen molar-refractivity contribution in [2.24, 2.45) is 34.0 Å². The van der Waals surface area contributed by atoms with E-state index in [0.29, 0.717) is 12.8 Å². The van der Waals surface area contributed by atoms with Gasteiger partial charge in [-0.3, -0.25) is 4.79 Å². The number of carbonyl (C=O) groups excluding carboxylic acids is 2. The molecule has 3 saturated carbocycles. The molecule has 27 heavy (non-hydrogen) atoms. The highest BCUT2D eigenvalue weighted by Crippen LogP contribution is 2.67. The minimum absolute atomic E-state index is 0.0433. The van der Waals surface area contributed by atoms with Crippen LogP contribution >= 0.6 is 0 Å². The molecule has 0 heterocycles. The molecule has 0 spiro atoms. The van der Waals surface area contributed by atoms with Crippen molar-refractivity contribution in [2.75, 3.05) is 6.61 Å². The van der Waals surface area contributed by atoms with E-state index in [-0.39, 0.29) is 29.0 Å². The van der Waals surface area contributed by atoms with Crippen molar-refractivity contribution in [3.8, 4) is 0 Å².